The number of carbonyl (C=O) groups excluding carboxylic acids is 2. The van der Waals surface area contributed by atoms with E-state index in [0.717, 1.165) is 11.1 Å². The number of hydrogen-bond acceptors (Lipinski definition) is 8. The number of ether oxygens (including phenoxy) is 1. The van der Waals surface area contributed by atoms with Crippen molar-refractivity contribution in [1.29, 1.82) is 0 Å². The van der Waals surface area contributed by atoms with Gasteiger partial charge in [0.15, 0.2) is 0 Å². The number of esters is 1. The smallest absolute Gasteiger partial charge is 0.309 e. The lowest BCUT2D eigenvalue weighted by atomic mass is 9.73. The highest BCUT2D eigenvalue weighted by molar-refractivity contribution is 7.09. The van der Waals surface area contributed by atoms with Gasteiger partial charge < -0.3 is 14.9 Å². The average molecular weight is 531 g/mol. The number of allylic oxidation sites excluding steroid dienone is 2. The lowest BCUT2D eigenvalue weighted by Crippen LogP contribution is -2.45. The van der Waals surface area contributed by atoms with Gasteiger partial charge in [0.1, 0.15) is 11.9 Å². The molecule has 4 unspecified atom stereocenters. The molecule has 0 spiro atoms. The molecule has 2 N–H and O–H groups in total. The minimum Gasteiger partial charge on any atom is -0.457 e. The van der Waals surface area contributed by atoms with Crippen LogP contribution in [0.15, 0.2) is 39.9 Å². The third kappa shape index (κ3) is 8.64. The summed E-state index contributed by atoms with van der Waals surface area (Å²) in [5, 5.41) is 27.6. The van der Waals surface area contributed by atoms with Crippen LogP contribution >= 0.6 is 11.3 Å². The van der Waals surface area contributed by atoms with Crippen molar-refractivity contribution in [3.8, 4) is 0 Å². The molecule has 0 fully saturated rings. The zero-order valence-electron chi connectivity index (χ0n) is 22.4. The molecule has 9 nitrogen and oxygen atoms in total. The molecule has 0 aliphatic carbocycles. The van der Waals surface area contributed by atoms with Crippen LogP contribution in [0.3, 0.4) is 0 Å². The van der Waals surface area contributed by atoms with Crippen LogP contribution < -0.4 is 0 Å². The highest BCUT2D eigenvalue weighted by Crippen LogP contribution is 2.31. The second kappa shape index (κ2) is 13.7. The Morgan fingerprint density at radius 1 is 1.35 bits per heavy atom. The first kappa shape index (κ1) is 30.4. The Kier molecular flexibility index (Phi) is 11.3. The molecule has 0 saturated heterocycles. The van der Waals surface area contributed by atoms with E-state index in [-0.39, 0.29) is 24.7 Å². The van der Waals surface area contributed by atoms with Crippen molar-refractivity contribution in [2.75, 3.05) is 0 Å². The monoisotopic (exact) mass is 530 g/mol. The van der Waals surface area contributed by atoms with E-state index in [2.05, 4.69) is 15.0 Å². The lowest BCUT2D eigenvalue weighted by Gasteiger charge is -2.34. The third-order valence-corrected chi connectivity index (χ3v) is 7.70. The molecule has 0 saturated carbocycles. The van der Waals surface area contributed by atoms with Crippen molar-refractivity contribution < 1.29 is 24.5 Å². The van der Waals surface area contributed by atoms with Gasteiger partial charge in [-0.3, -0.25) is 9.59 Å². The fourth-order valence-electron chi connectivity index (χ4n) is 4.16. The van der Waals surface area contributed by atoms with Crippen molar-refractivity contribution in [2.45, 2.75) is 85.7 Å². The van der Waals surface area contributed by atoms with Gasteiger partial charge in [0, 0.05) is 28.5 Å². The number of Topliss-reactive ketones (excluding diaryl/α,β-unsaturated/α-hetero) is 1. The first-order chi connectivity index (χ1) is 17.4. The molecular formula is C27H38N4O5S. The highest BCUT2D eigenvalue weighted by atomic mass is 32.1. The first-order valence-corrected chi connectivity index (χ1v) is 13.3. The van der Waals surface area contributed by atoms with Gasteiger partial charge in [-0.05, 0) is 37.4 Å². The summed E-state index contributed by atoms with van der Waals surface area (Å²) in [4.78, 5) is 33.3. The number of carbonyl (C=O) groups is 2. The summed E-state index contributed by atoms with van der Waals surface area (Å²) in [6, 6.07) is 0. The Hall–Kier alpha value is -2.78. The van der Waals surface area contributed by atoms with Crippen molar-refractivity contribution >= 4 is 29.2 Å². The highest BCUT2D eigenvalue weighted by Gasteiger charge is 2.42. The fraction of sp³-hybridized carbons (Fsp3) is 0.593. The Labute approximate surface area is 222 Å². The number of aliphatic hydroxyl groups is 2. The molecule has 1 aromatic rings. The molecule has 37 heavy (non-hydrogen) atoms. The van der Waals surface area contributed by atoms with Gasteiger partial charge in [0.25, 0.3) is 0 Å². The van der Waals surface area contributed by atoms with Crippen LogP contribution in [0.5, 0.6) is 0 Å². The van der Waals surface area contributed by atoms with Crippen LogP contribution in [0.2, 0.25) is 0 Å². The molecule has 1 aliphatic heterocycles. The van der Waals surface area contributed by atoms with Gasteiger partial charge in [0.2, 0.25) is 0 Å². The first-order valence-electron chi connectivity index (χ1n) is 12.4. The predicted molar refractivity (Wildman–Crippen MR) is 144 cm³/mol. The largest absolute Gasteiger partial charge is 0.457 e. The van der Waals surface area contributed by atoms with E-state index in [1.807, 2.05) is 50.5 Å². The SMILES string of the molecule is C/C1=C/CC(/C(C)=C/c2csc(CN=[N+]=[N-])n2)OC(=O)C[C@H](O)C(C)(C)C(=O)C(C)C(O)C(C)/C=C/C1. The van der Waals surface area contributed by atoms with E-state index in [1.165, 1.54) is 11.3 Å². The summed E-state index contributed by atoms with van der Waals surface area (Å²) in [5.74, 6) is -1.90. The summed E-state index contributed by atoms with van der Waals surface area (Å²) >= 11 is 1.38. The Morgan fingerprint density at radius 2 is 2.05 bits per heavy atom. The molecule has 1 aromatic heterocycles. The van der Waals surface area contributed by atoms with Crippen LogP contribution in [0.25, 0.3) is 16.5 Å². The Morgan fingerprint density at radius 3 is 2.73 bits per heavy atom. The molecule has 0 aromatic carbocycles. The topological polar surface area (TPSA) is 145 Å². The van der Waals surface area contributed by atoms with E-state index < -0.39 is 35.6 Å². The number of thiazole rings is 1. The van der Waals surface area contributed by atoms with Crippen molar-refractivity contribution in [3.05, 3.63) is 55.9 Å². The number of cyclic esters (lactones) is 1. The molecule has 0 radical (unpaired) electrons. The quantitative estimate of drug-likeness (QED) is 0.172. The Balaban J connectivity index is 2.36. The van der Waals surface area contributed by atoms with E-state index >= 15 is 0 Å². The van der Waals surface area contributed by atoms with Gasteiger partial charge in [-0.15, -0.1) is 11.3 Å². The Bertz CT molecular complexity index is 1100. The number of rotatable bonds is 4. The molecule has 10 heteroatoms. The van der Waals surface area contributed by atoms with Crippen LogP contribution in [0, 0.1) is 17.3 Å². The molecule has 0 amide bonds. The molecular weight excluding hydrogens is 492 g/mol. The molecule has 2 rings (SSSR count). The van der Waals surface area contributed by atoms with E-state index in [4.69, 9.17) is 10.3 Å². The maximum Gasteiger partial charge on any atom is 0.309 e. The summed E-state index contributed by atoms with van der Waals surface area (Å²) in [5.41, 5.74) is 9.76. The van der Waals surface area contributed by atoms with Crippen LogP contribution in [-0.4, -0.2) is 45.3 Å². The predicted octanol–water partition coefficient (Wildman–Crippen LogP) is 5.54. The van der Waals surface area contributed by atoms with Crippen LogP contribution in [0.1, 0.15) is 71.5 Å². The molecule has 5 atom stereocenters. The number of nitrogens with zero attached hydrogens (tertiary/aromatic N) is 4. The zero-order valence-corrected chi connectivity index (χ0v) is 23.2. The van der Waals surface area contributed by atoms with Gasteiger partial charge >= 0.3 is 5.97 Å². The lowest BCUT2D eigenvalue weighted by molar-refractivity contribution is -0.154. The molecule has 202 valence electrons. The maximum absolute atomic E-state index is 13.2. The van der Waals surface area contributed by atoms with E-state index in [1.54, 1.807) is 20.8 Å². The van der Waals surface area contributed by atoms with Gasteiger partial charge in [-0.25, -0.2) is 4.98 Å². The molecule has 0 bridgehead atoms. The summed E-state index contributed by atoms with van der Waals surface area (Å²) < 4.78 is 5.79. The van der Waals surface area contributed by atoms with Gasteiger partial charge in [0.05, 0.1) is 41.3 Å². The number of azide groups is 1. The molecule has 2 heterocycles. The fourth-order valence-corrected chi connectivity index (χ4v) is 4.83. The van der Waals surface area contributed by atoms with E-state index in [9.17, 15) is 19.8 Å². The van der Waals surface area contributed by atoms with Crippen LogP contribution in [-0.2, 0) is 20.9 Å². The number of hydrogen-bond donors (Lipinski definition) is 2. The summed E-state index contributed by atoms with van der Waals surface area (Å²) in [6.07, 6.45) is 5.66. The van der Waals surface area contributed by atoms with E-state index in [0.29, 0.717) is 23.5 Å². The summed E-state index contributed by atoms with van der Waals surface area (Å²) in [7, 11) is 0. The minimum atomic E-state index is -1.27. The molecule has 1 aliphatic rings. The normalized spacial score (nSPS) is 30.5. The number of aromatic nitrogens is 1. The second-order valence-corrected chi connectivity index (χ2v) is 11.2. The van der Waals surface area contributed by atoms with Crippen molar-refractivity contribution in [1.82, 2.24) is 4.98 Å². The van der Waals surface area contributed by atoms with Crippen LogP contribution in [0.4, 0.5) is 0 Å². The number of ketones is 1. The van der Waals surface area contributed by atoms with Gasteiger partial charge in [-0.1, -0.05) is 56.6 Å². The zero-order chi connectivity index (χ0) is 27.8. The van der Waals surface area contributed by atoms with Crippen molar-refractivity contribution in [3.63, 3.8) is 0 Å². The average Bonchev–Trinajstić information content (AvgIpc) is 3.29. The van der Waals surface area contributed by atoms with Crippen molar-refractivity contribution in [2.24, 2.45) is 22.4 Å². The standard InChI is InChI=1S/C27H38N4O5S/c1-16-8-7-9-17(2)25(34)19(4)26(35)27(5,6)22(32)13-24(33)36-21(11-10-16)18(3)12-20-15-37-23(30-20)14-29-31-28/h7,9-10,12,15,17,19,21-22,25,32,34H,8,11,13-14H2,1-6H3/b9-7+,16-10-,18-12+/t17?,19?,21?,22-,25?/m0/s1. The third-order valence-electron chi connectivity index (χ3n) is 6.85. The van der Waals surface area contributed by atoms with Gasteiger partial charge in [-0.2, -0.15) is 0 Å². The summed E-state index contributed by atoms with van der Waals surface area (Å²) in [6.45, 7) is 10.7. The minimum absolute atomic E-state index is 0.169. The second-order valence-electron chi connectivity index (χ2n) is 10.3. The number of aliphatic hydroxyl groups excluding tert-OH is 2. The maximum atomic E-state index is 13.2.